The summed E-state index contributed by atoms with van der Waals surface area (Å²) in [6, 6.07) is 14.5. The lowest BCUT2D eigenvalue weighted by atomic mass is 9.33. The lowest BCUT2D eigenvalue weighted by Crippen LogP contribution is -2.65. The van der Waals surface area contributed by atoms with Gasteiger partial charge in [0.1, 0.15) is 0 Å². The van der Waals surface area contributed by atoms with E-state index >= 15 is 0 Å². The van der Waals surface area contributed by atoms with Crippen molar-refractivity contribution < 1.29 is 18.0 Å². The standard InChI is InChI=1S/C44H56N2O4S/c1-27(47)28-14-15-30-31-25-41(6)35(40(4,5)37(31)45-34(30)24-28)18-19-43(8)36(41)17-16-32-33-26-39(2,3)20-22-44(33,23-21-42(32,43)7)38(48)46-51(49,50)29-12-10-9-11-13-29/h9-16,24,33,35-36,45H,17-23,25-26H2,1-8H3,(H,46,48)/t33-,35-,36+,41-,42+,43+,44-/m0/s1. The Balaban J connectivity index is 1.20. The predicted octanol–water partition coefficient (Wildman–Crippen LogP) is 9.69. The van der Waals surface area contributed by atoms with Crippen LogP contribution in [0.1, 0.15) is 128 Å². The van der Waals surface area contributed by atoms with E-state index in [0.717, 1.165) is 56.0 Å². The SMILES string of the molecule is CC(=O)c1ccc2c3c([nH]c2c1)C(C)(C)[C@@H]1CC[C@]2(C)[C@H](CC=C4[C@@H]5CC(C)(C)CC[C@]5(C(=O)NS(=O)(=O)c5ccccc5)CC[C@]42C)[C@@]1(C)C3. The Morgan fingerprint density at radius 2 is 1.57 bits per heavy atom. The van der Waals surface area contributed by atoms with Crippen molar-refractivity contribution in [3.63, 3.8) is 0 Å². The lowest BCUT2D eigenvalue weighted by molar-refractivity contribution is -0.166. The van der Waals surface area contributed by atoms with E-state index in [9.17, 15) is 18.0 Å². The Hall–Kier alpha value is -3.19. The zero-order chi connectivity index (χ0) is 36.6. The van der Waals surface area contributed by atoms with E-state index in [2.05, 4.69) is 70.3 Å². The number of fused-ring (bicyclic) bond motifs is 10. The average Bonchev–Trinajstić information content (AvgIpc) is 3.43. The Kier molecular flexibility index (Phi) is 7.47. The molecule has 1 amide bonds. The van der Waals surface area contributed by atoms with Gasteiger partial charge in [-0.15, -0.1) is 0 Å². The van der Waals surface area contributed by atoms with E-state index in [1.165, 1.54) is 22.2 Å². The third-order valence-electron chi connectivity index (χ3n) is 16.0. The van der Waals surface area contributed by atoms with Crippen LogP contribution in [0.5, 0.6) is 0 Å². The number of carbonyl (C=O) groups excluding carboxylic acids is 2. The molecule has 3 fully saturated rings. The molecule has 3 aromatic rings. The minimum Gasteiger partial charge on any atom is -0.358 e. The summed E-state index contributed by atoms with van der Waals surface area (Å²) in [6.07, 6.45) is 10.9. The topological polar surface area (TPSA) is 96.1 Å². The summed E-state index contributed by atoms with van der Waals surface area (Å²) in [5.41, 5.74) is 5.27. The van der Waals surface area contributed by atoms with E-state index in [1.54, 1.807) is 37.3 Å². The number of amides is 1. The second kappa shape index (κ2) is 10.9. The van der Waals surface area contributed by atoms with Crippen LogP contribution in [0.25, 0.3) is 10.9 Å². The van der Waals surface area contributed by atoms with E-state index in [0.29, 0.717) is 24.7 Å². The molecule has 0 unspecified atom stereocenters. The number of H-pyrrole nitrogens is 1. The number of aromatic nitrogens is 1. The molecule has 8 rings (SSSR count). The molecule has 2 N–H and O–H groups in total. The summed E-state index contributed by atoms with van der Waals surface area (Å²) in [5.74, 6) is 0.744. The second-order valence-corrected chi connectivity index (χ2v) is 21.0. The van der Waals surface area contributed by atoms with Gasteiger partial charge in [0.05, 0.1) is 10.3 Å². The van der Waals surface area contributed by atoms with E-state index in [4.69, 9.17) is 0 Å². The van der Waals surface area contributed by atoms with Crippen LogP contribution in [0.2, 0.25) is 0 Å². The summed E-state index contributed by atoms with van der Waals surface area (Å²) < 4.78 is 29.6. The van der Waals surface area contributed by atoms with Crippen molar-refractivity contribution in [3.05, 3.63) is 77.0 Å². The highest BCUT2D eigenvalue weighted by molar-refractivity contribution is 7.90. The minimum atomic E-state index is -3.98. The van der Waals surface area contributed by atoms with Gasteiger partial charge in [-0.05, 0) is 128 Å². The van der Waals surface area contributed by atoms with Crippen LogP contribution in [-0.4, -0.2) is 25.1 Å². The molecule has 3 saturated carbocycles. The molecule has 0 aliphatic heterocycles. The van der Waals surface area contributed by atoms with Gasteiger partial charge in [-0.25, -0.2) is 13.1 Å². The van der Waals surface area contributed by atoms with Crippen molar-refractivity contribution in [2.45, 2.75) is 123 Å². The molecular weight excluding hydrogens is 653 g/mol. The Labute approximate surface area is 304 Å². The predicted molar refractivity (Wildman–Crippen MR) is 203 cm³/mol. The van der Waals surface area contributed by atoms with E-state index in [1.807, 2.05) is 12.1 Å². The third kappa shape index (κ3) is 4.74. The normalized spacial score (nSPS) is 36.4. The van der Waals surface area contributed by atoms with Crippen molar-refractivity contribution in [1.82, 2.24) is 9.71 Å². The Morgan fingerprint density at radius 1 is 0.863 bits per heavy atom. The van der Waals surface area contributed by atoms with Gasteiger partial charge in [0, 0.05) is 27.6 Å². The molecule has 2 aromatic carbocycles. The van der Waals surface area contributed by atoms with Crippen molar-refractivity contribution in [2.75, 3.05) is 0 Å². The number of sulfonamides is 1. The van der Waals surface area contributed by atoms with Gasteiger partial charge in [-0.1, -0.05) is 90.4 Å². The Morgan fingerprint density at radius 3 is 2.27 bits per heavy atom. The van der Waals surface area contributed by atoms with Crippen LogP contribution in [-0.2, 0) is 26.7 Å². The average molecular weight is 709 g/mol. The molecule has 6 nitrogen and oxygen atoms in total. The number of ketones is 1. The number of hydrogen-bond acceptors (Lipinski definition) is 4. The van der Waals surface area contributed by atoms with Gasteiger partial charge in [0.25, 0.3) is 10.0 Å². The number of aromatic amines is 1. The zero-order valence-electron chi connectivity index (χ0n) is 31.8. The maximum Gasteiger partial charge on any atom is 0.264 e. The first-order valence-electron chi connectivity index (χ1n) is 19.3. The molecule has 0 bridgehead atoms. The van der Waals surface area contributed by atoms with E-state index < -0.39 is 15.4 Å². The molecule has 7 heteroatoms. The first-order chi connectivity index (χ1) is 23.8. The number of allylic oxidation sites excluding steroid dienone is 2. The first-order valence-corrected chi connectivity index (χ1v) is 20.8. The van der Waals surface area contributed by atoms with Crippen LogP contribution < -0.4 is 4.72 Å². The molecule has 0 radical (unpaired) electrons. The van der Waals surface area contributed by atoms with Gasteiger partial charge >= 0.3 is 0 Å². The van der Waals surface area contributed by atoms with Crippen molar-refractivity contribution in [2.24, 2.45) is 44.8 Å². The highest BCUT2D eigenvalue weighted by Gasteiger charge is 2.69. The molecule has 0 spiro atoms. The number of rotatable bonds is 4. The van der Waals surface area contributed by atoms with Crippen LogP contribution in [0.3, 0.4) is 0 Å². The lowest BCUT2D eigenvalue weighted by Gasteiger charge is -2.70. The number of nitrogens with one attached hydrogen (secondary N) is 2. The van der Waals surface area contributed by atoms with Gasteiger partial charge in [0.15, 0.2) is 5.78 Å². The van der Waals surface area contributed by atoms with Crippen molar-refractivity contribution in [3.8, 4) is 0 Å². The molecule has 0 saturated heterocycles. The summed E-state index contributed by atoms with van der Waals surface area (Å²) in [6.45, 7) is 18.8. The number of hydrogen-bond donors (Lipinski definition) is 2. The molecule has 5 aliphatic rings. The number of Topliss-reactive ketones (excluding diaryl/α,β-unsaturated/α-hetero) is 1. The van der Waals surface area contributed by atoms with Crippen LogP contribution in [0.15, 0.2) is 65.1 Å². The fourth-order valence-corrected chi connectivity index (χ4v) is 14.2. The summed E-state index contributed by atoms with van der Waals surface area (Å²) in [5, 5.41) is 1.25. The second-order valence-electron chi connectivity index (χ2n) is 19.3. The molecular formula is C44H56N2O4S. The van der Waals surface area contributed by atoms with Gasteiger partial charge in [-0.2, -0.15) is 0 Å². The fraction of sp³-hybridized carbons (Fsp3) is 0.591. The molecule has 1 aromatic heterocycles. The third-order valence-corrected chi connectivity index (χ3v) is 17.4. The van der Waals surface area contributed by atoms with Crippen LogP contribution >= 0.6 is 0 Å². The highest BCUT2D eigenvalue weighted by Crippen LogP contribution is 2.75. The van der Waals surface area contributed by atoms with Crippen LogP contribution in [0.4, 0.5) is 0 Å². The van der Waals surface area contributed by atoms with Crippen molar-refractivity contribution in [1.29, 1.82) is 0 Å². The maximum atomic E-state index is 14.5. The highest BCUT2D eigenvalue weighted by atomic mass is 32.2. The quantitative estimate of drug-likeness (QED) is 0.208. The Bertz CT molecular complexity index is 2110. The van der Waals surface area contributed by atoms with E-state index in [-0.39, 0.29) is 49.6 Å². The molecule has 5 aliphatic carbocycles. The van der Waals surface area contributed by atoms with Crippen LogP contribution in [0, 0.1) is 44.8 Å². The molecule has 51 heavy (non-hydrogen) atoms. The molecule has 272 valence electrons. The smallest absolute Gasteiger partial charge is 0.264 e. The first kappa shape index (κ1) is 34.9. The fourth-order valence-electron chi connectivity index (χ4n) is 13.1. The zero-order valence-corrected chi connectivity index (χ0v) is 32.6. The monoisotopic (exact) mass is 708 g/mol. The number of carbonyl (C=O) groups is 2. The summed E-state index contributed by atoms with van der Waals surface area (Å²) in [7, 11) is -3.98. The summed E-state index contributed by atoms with van der Waals surface area (Å²) >= 11 is 0. The van der Waals surface area contributed by atoms with Gasteiger partial charge < -0.3 is 4.98 Å². The summed E-state index contributed by atoms with van der Waals surface area (Å²) in [4.78, 5) is 30.8. The largest absolute Gasteiger partial charge is 0.358 e. The molecule has 1 heterocycles. The maximum absolute atomic E-state index is 14.5. The van der Waals surface area contributed by atoms with Crippen molar-refractivity contribution >= 4 is 32.6 Å². The number of benzene rings is 2. The molecule has 7 atom stereocenters. The van der Waals surface area contributed by atoms with Gasteiger partial charge in [-0.3, -0.25) is 9.59 Å². The minimum absolute atomic E-state index is 0.00719. The van der Waals surface area contributed by atoms with Gasteiger partial charge in [0.2, 0.25) is 5.91 Å².